The highest BCUT2D eigenvalue weighted by Gasteiger charge is 2.25. The molecule has 0 aliphatic carbocycles. The number of nitrogens with zero attached hydrogens (tertiary/aromatic N) is 4. The zero-order chi connectivity index (χ0) is 18.3. The van der Waals surface area contributed by atoms with Crippen LogP contribution in [0.2, 0.25) is 0 Å². The smallest absolute Gasteiger partial charge is 0.253 e. The van der Waals surface area contributed by atoms with Crippen LogP contribution < -0.4 is 0 Å². The zero-order valence-electron chi connectivity index (χ0n) is 15.2. The minimum atomic E-state index is 0.0747. The van der Waals surface area contributed by atoms with Crippen LogP contribution in [0.4, 0.5) is 0 Å². The van der Waals surface area contributed by atoms with Crippen molar-refractivity contribution in [2.75, 3.05) is 27.2 Å². The fraction of sp³-hybridized carbons (Fsp3) is 0.421. The number of aromatic nitrogens is 2. The van der Waals surface area contributed by atoms with Crippen LogP contribution in [-0.2, 0) is 0 Å². The van der Waals surface area contributed by atoms with E-state index in [-0.39, 0.29) is 5.91 Å². The number of piperidine rings is 1. The quantitative estimate of drug-likeness (QED) is 0.707. The summed E-state index contributed by atoms with van der Waals surface area (Å²) in [4.78, 5) is 21.6. The maximum Gasteiger partial charge on any atom is 0.253 e. The number of carbonyl (C=O) groups is 1. The first-order valence-electron chi connectivity index (χ1n) is 8.80. The number of aryl methyl sites for hydroxylation is 1. The average Bonchev–Trinajstić information content (AvgIpc) is 3.26. The Balaban J connectivity index is 1.60. The summed E-state index contributed by atoms with van der Waals surface area (Å²) in [6.45, 7) is 3.55. The van der Waals surface area contributed by atoms with E-state index in [4.69, 9.17) is 4.52 Å². The number of thiazole rings is 1. The highest BCUT2D eigenvalue weighted by Crippen LogP contribution is 2.30. The summed E-state index contributed by atoms with van der Waals surface area (Å²) < 4.78 is 5.42. The molecule has 0 spiro atoms. The Bertz CT molecular complexity index is 938. The molecule has 0 N–H and O–H groups in total. The van der Waals surface area contributed by atoms with Gasteiger partial charge in [0.1, 0.15) is 11.4 Å². The monoisotopic (exact) mass is 370 g/mol. The molecule has 7 heteroatoms. The molecular weight excluding hydrogens is 348 g/mol. The molecule has 1 aliphatic heterocycles. The van der Waals surface area contributed by atoms with E-state index in [1.807, 2.05) is 35.4 Å². The molecule has 0 saturated carbocycles. The largest absolute Gasteiger partial charge is 0.356 e. The van der Waals surface area contributed by atoms with Crippen molar-refractivity contribution in [2.24, 2.45) is 0 Å². The standard InChI is InChI=1S/C19H22N4O2S/c1-12-20-16(11-26-12)18-15-10-13(4-5-17(15)25-21-18)19(24)23-8-6-14(7-9-23)22(2)3/h4-5,10-11,14H,6-9H2,1-3H3. The molecule has 0 atom stereocenters. The minimum absolute atomic E-state index is 0.0747. The third-order valence-corrected chi connectivity index (χ3v) is 5.83. The molecule has 26 heavy (non-hydrogen) atoms. The van der Waals surface area contributed by atoms with Crippen molar-refractivity contribution >= 4 is 28.2 Å². The number of hydrogen-bond acceptors (Lipinski definition) is 6. The molecule has 0 bridgehead atoms. The van der Waals surface area contributed by atoms with Crippen LogP contribution in [-0.4, -0.2) is 59.1 Å². The van der Waals surface area contributed by atoms with Gasteiger partial charge in [0.05, 0.1) is 10.4 Å². The highest BCUT2D eigenvalue weighted by atomic mass is 32.1. The maximum absolute atomic E-state index is 12.9. The normalized spacial score (nSPS) is 15.9. The molecule has 3 aromatic rings. The van der Waals surface area contributed by atoms with Gasteiger partial charge in [-0.25, -0.2) is 4.98 Å². The molecule has 1 aromatic carbocycles. The molecule has 2 aromatic heterocycles. The van der Waals surface area contributed by atoms with Crippen LogP contribution in [0.15, 0.2) is 28.1 Å². The van der Waals surface area contributed by atoms with Gasteiger partial charge in [-0.1, -0.05) is 5.16 Å². The van der Waals surface area contributed by atoms with Gasteiger partial charge in [0.2, 0.25) is 0 Å². The SMILES string of the molecule is Cc1nc(-c2noc3ccc(C(=O)N4CCC(N(C)C)CC4)cc23)cs1. The first-order valence-corrected chi connectivity index (χ1v) is 9.68. The van der Waals surface area contributed by atoms with Crippen LogP contribution in [0, 0.1) is 6.92 Å². The molecule has 0 radical (unpaired) electrons. The van der Waals surface area contributed by atoms with Gasteiger partial charge in [-0.3, -0.25) is 4.79 Å². The lowest BCUT2D eigenvalue weighted by atomic mass is 10.0. The Hall–Kier alpha value is -2.25. The van der Waals surface area contributed by atoms with Crippen molar-refractivity contribution in [1.29, 1.82) is 0 Å². The number of amides is 1. The van der Waals surface area contributed by atoms with Gasteiger partial charge in [-0.15, -0.1) is 11.3 Å². The van der Waals surface area contributed by atoms with Crippen LogP contribution in [0.3, 0.4) is 0 Å². The molecule has 6 nitrogen and oxygen atoms in total. The van der Waals surface area contributed by atoms with Crippen molar-refractivity contribution in [3.8, 4) is 11.4 Å². The summed E-state index contributed by atoms with van der Waals surface area (Å²) in [6.07, 6.45) is 2.02. The molecule has 3 heterocycles. The van der Waals surface area contributed by atoms with Crippen LogP contribution in [0.25, 0.3) is 22.4 Å². The lowest BCUT2D eigenvalue weighted by molar-refractivity contribution is 0.0663. The van der Waals surface area contributed by atoms with Gasteiger partial charge < -0.3 is 14.3 Å². The van der Waals surface area contributed by atoms with E-state index >= 15 is 0 Å². The van der Waals surface area contributed by atoms with E-state index < -0.39 is 0 Å². The lowest BCUT2D eigenvalue weighted by Gasteiger charge is -2.35. The Kier molecular flexibility index (Phi) is 4.50. The van der Waals surface area contributed by atoms with Gasteiger partial charge in [0.15, 0.2) is 5.58 Å². The van der Waals surface area contributed by atoms with E-state index in [1.54, 1.807) is 11.3 Å². The number of carbonyl (C=O) groups excluding carboxylic acids is 1. The van der Waals surface area contributed by atoms with E-state index in [2.05, 4.69) is 29.1 Å². The number of rotatable bonds is 3. The third kappa shape index (κ3) is 3.12. The third-order valence-electron chi connectivity index (χ3n) is 5.06. The molecule has 0 unspecified atom stereocenters. The summed E-state index contributed by atoms with van der Waals surface area (Å²) in [6, 6.07) is 6.09. The Morgan fingerprint density at radius 2 is 2.08 bits per heavy atom. The number of likely N-dealkylation sites (tertiary alicyclic amines) is 1. The van der Waals surface area contributed by atoms with Gasteiger partial charge >= 0.3 is 0 Å². The Labute approximate surface area is 156 Å². The first kappa shape index (κ1) is 17.2. The van der Waals surface area contributed by atoms with Gasteiger partial charge in [-0.05, 0) is 52.1 Å². The summed E-state index contributed by atoms with van der Waals surface area (Å²) >= 11 is 1.57. The van der Waals surface area contributed by atoms with Crippen LogP contribution in [0.5, 0.6) is 0 Å². The topological polar surface area (TPSA) is 62.5 Å². The molecule has 1 aliphatic rings. The second-order valence-electron chi connectivity index (χ2n) is 6.98. The van der Waals surface area contributed by atoms with E-state index in [9.17, 15) is 4.79 Å². The van der Waals surface area contributed by atoms with Crippen molar-refractivity contribution in [1.82, 2.24) is 19.9 Å². The Morgan fingerprint density at radius 3 is 2.73 bits per heavy atom. The zero-order valence-corrected chi connectivity index (χ0v) is 16.0. The van der Waals surface area contributed by atoms with Gasteiger partial charge in [0, 0.05) is 30.1 Å². The fourth-order valence-electron chi connectivity index (χ4n) is 3.50. The predicted octanol–water partition coefficient (Wildman–Crippen LogP) is 3.43. The second-order valence-corrected chi connectivity index (χ2v) is 8.04. The van der Waals surface area contributed by atoms with E-state index in [1.165, 1.54) is 0 Å². The van der Waals surface area contributed by atoms with Gasteiger partial charge in [0.25, 0.3) is 5.91 Å². The number of benzene rings is 1. The molecule has 1 amide bonds. The summed E-state index contributed by atoms with van der Waals surface area (Å²) in [5.41, 5.74) is 2.85. The van der Waals surface area contributed by atoms with E-state index in [0.29, 0.717) is 22.9 Å². The summed E-state index contributed by atoms with van der Waals surface area (Å²) in [5, 5.41) is 7.94. The summed E-state index contributed by atoms with van der Waals surface area (Å²) in [5.74, 6) is 0.0747. The van der Waals surface area contributed by atoms with Crippen molar-refractivity contribution < 1.29 is 9.32 Å². The van der Waals surface area contributed by atoms with Gasteiger partial charge in [-0.2, -0.15) is 0 Å². The van der Waals surface area contributed by atoms with Crippen molar-refractivity contribution in [3.63, 3.8) is 0 Å². The maximum atomic E-state index is 12.9. The highest BCUT2D eigenvalue weighted by molar-refractivity contribution is 7.09. The average molecular weight is 370 g/mol. The Morgan fingerprint density at radius 1 is 1.31 bits per heavy atom. The molecule has 4 rings (SSSR count). The molecule has 1 saturated heterocycles. The summed E-state index contributed by atoms with van der Waals surface area (Å²) in [7, 11) is 4.20. The molecule has 1 fully saturated rings. The number of hydrogen-bond donors (Lipinski definition) is 0. The van der Waals surface area contributed by atoms with E-state index in [0.717, 1.165) is 42.0 Å². The number of fused-ring (bicyclic) bond motifs is 1. The molecule has 136 valence electrons. The van der Waals surface area contributed by atoms with Crippen molar-refractivity contribution in [3.05, 3.63) is 34.2 Å². The lowest BCUT2D eigenvalue weighted by Crippen LogP contribution is -2.44. The van der Waals surface area contributed by atoms with Crippen LogP contribution in [0.1, 0.15) is 28.2 Å². The van der Waals surface area contributed by atoms with Crippen molar-refractivity contribution in [2.45, 2.75) is 25.8 Å². The van der Waals surface area contributed by atoms with Crippen LogP contribution >= 0.6 is 11.3 Å². The fourth-order valence-corrected chi connectivity index (χ4v) is 4.09. The molecular formula is C19H22N4O2S. The first-order chi connectivity index (χ1) is 12.5. The predicted molar refractivity (Wildman–Crippen MR) is 102 cm³/mol. The second kappa shape index (κ2) is 6.81. The minimum Gasteiger partial charge on any atom is -0.356 e.